The Kier molecular flexibility index (Phi) is 7.41. The summed E-state index contributed by atoms with van der Waals surface area (Å²) >= 11 is 0. The minimum atomic E-state index is 0.579. The van der Waals surface area contributed by atoms with Crippen LogP contribution in [0.25, 0.3) is 0 Å². The number of benzene rings is 1. The highest BCUT2D eigenvalue weighted by Crippen LogP contribution is 2.14. The van der Waals surface area contributed by atoms with Gasteiger partial charge in [0.2, 0.25) is 0 Å². The molecule has 0 saturated carbocycles. The second-order valence-corrected chi connectivity index (χ2v) is 4.25. The first-order chi connectivity index (χ1) is 8.77. The fraction of sp³-hybridized carbons (Fsp3) is 0.571. The van der Waals surface area contributed by atoms with Crippen LogP contribution in [-0.2, 0) is 16.0 Å². The third-order valence-corrected chi connectivity index (χ3v) is 2.80. The molecule has 0 bridgehead atoms. The van der Waals surface area contributed by atoms with Gasteiger partial charge in [0, 0.05) is 46.1 Å². The van der Waals surface area contributed by atoms with Gasteiger partial charge < -0.3 is 20.1 Å². The van der Waals surface area contributed by atoms with Gasteiger partial charge in [-0.2, -0.15) is 0 Å². The number of hydrogen-bond acceptors (Lipinski definition) is 4. The highest BCUT2D eigenvalue weighted by Gasteiger charge is 2.01. The van der Waals surface area contributed by atoms with E-state index < -0.39 is 0 Å². The predicted molar refractivity (Wildman–Crippen MR) is 74.9 cm³/mol. The van der Waals surface area contributed by atoms with Crippen LogP contribution in [0.5, 0.6) is 0 Å². The molecule has 0 atom stereocenters. The predicted octanol–water partition coefficient (Wildman–Crippen LogP) is 1.63. The van der Waals surface area contributed by atoms with Gasteiger partial charge in [0.05, 0.1) is 6.61 Å². The van der Waals surface area contributed by atoms with E-state index in [4.69, 9.17) is 15.2 Å². The number of anilines is 1. The van der Waals surface area contributed by atoms with Crippen LogP contribution in [0.1, 0.15) is 12.0 Å². The molecule has 0 unspecified atom stereocenters. The first-order valence-corrected chi connectivity index (χ1v) is 6.34. The van der Waals surface area contributed by atoms with Gasteiger partial charge in [-0.3, -0.25) is 0 Å². The topological polar surface area (TPSA) is 47.7 Å². The average molecular weight is 252 g/mol. The molecule has 0 aliphatic heterocycles. The molecule has 0 amide bonds. The highest BCUT2D eigenvalue weighted by molar-refractivity contribution is 5.47. The van der Waals surface area contributed by atoms with Crippen molar-refractivity contribution in [3.63, 3.8) is 0 Å². The second-order valence-electron chi connectivity index (χ2n) is 4.25. The fourth-order valence-electron chi connectivity index (χ4n) is 1.66. The van der Waals surface area contributed by atoms with E-state index in [2.05, 4.69) is 24.1 Å². The Morgan fingerprint density at radius 2 is 2.06 bits per heavy atom. The molecule has 0 fully saturated rings. The summed E-state index contributed by atoms with van der Waals surface area (Å²) in [5, 5.41) is 0. The summed E-state index contributed by atoms with van der Waals surface area (Å²) < 4.78 is 10.5. The number of ether oxygens (including phenoxy) is 2. The Hall–Kier alpha value is -1.10. The average Bonchev–Trinajstić information content (AvgIpc) is 2.42. The Morgan fingerprint density at radius 1 is 1.22 bits per heavy atom. The van der Waals surface area contributed by atoms with Crippen molar-refractivity contribution in [2.24, 2.45) is 5.73 Å². The van der Waals surface area contributed by atoms with Gasteiger partial charge in [-0.25, -0.2) is 0 Å². The normalized spacial score (nSPS) is 10.6. The van der Waals surface area contributed by atoms with Crippen LogP contribution in [-0.4, -0.2) is 40.5 Å². The summed E-state index contributed by atoms with van der Waals surface area (Å²) in [5.41, 5.74) is 7.96. The molecule has 1 rings (SSSR count). The molecule has 0 aliphatic rings. The number of nitrogens with zero attached hydrogens (tertiary/aromatic N) is 1. The van der Waals surface area contributed by atoms with Crippen molar-refractivity contribution in [1.82, 2.24) is 0 Å². The highest BCUT2D eigenvalue weighted by atomic mass is 16.5. The maximum atomic E-state index is 5.63. The lowest BCUT2D eigenvalue weighted by Gasteiger charge is -2.19. The summed E-state index contributed by atoms with van der Waals surface area (Å²) in [7, 11) is 3.77. The van der Waals surface area contributed by atoms with E-state index in [0.717, 1.165) is 38.3 Å². The largest absolute Gasteiger partial charge is 0.385 e. The number of rotatable bonds is 9. The van der Waals surface area contributed by atoms with Gasteiger partial charge >= 0.3 is 0 Å². The standard InChI is InChI=1S/C14H24N2O2/c1-16(7-10-18-9-4-8-17-2)14-6-3-5-13(11-14)12-15/h3,5-6,11H,4,7-10,12,15H2,1-2H3. The molecule has 0 saturated heterocycles. The van der Waals surface area contributed by atoms with E-state index in [9.17, 15) is 0 Å². The van der Waals surface area contributed by atoms with Crippen molar-refractivity contribution < 1.29 is 9.47 Å². The number of hydrogen-bond donors (Lipinski definition) is 1. The van der Waals surface area contributed by atoms with Crippen molar-refractivity contribution in [3.05, 3.63) is 29.8 Å². The molecule has 18 heavy (non-hydrogen) atoms. The minimum Gasteiger partial charge on any atom is -0.385 e. The monoisotopic (exact) mass is 252 g/mol. The summed E-state index contributed by atoms with van der Waals surface area (Å²) in [6.45, 7) is 3.70. The lowest BCUT2D eigenvalue weighted by atomic mass is 10.2. The minimum absolute atomic E-state index is 0.579. The van der Waals surface area contributed by atoms with Gasteiger partial charge in [0.15, 0.2) is 0 Å². The van der Waals surface area contributed by atoms with E-state index in [1.165, 1.54) is 5.69 Å². The van der Waals surface area contributed by atoms with Crippen LogP contribution in [0.4, 0.5) is 5.69 Å². The molecule has 0 radical (unpaired) electrons. The maximum absolute atomic E-state index is 5.63. The molecular weight excluding hydrogens is 228 g/mol. The van der Waals surface area contributed by atoms with Gasteiger partial charge in [0.25, 0.3) is 0 Å². The molecule has 2 N–H and O–H groups in total. The Morgan fingerprint density at radius 3 is 2.78 bits per heavy atom. The van der Waals surface area contributed by atoms with E-state index in [1.807, 2.05) is 12.1 Å². The maximum Gasteiger partial charge on any atom is 0.0641 e. The van der Waals surface area contributed by atoms with Crippen LogP contribution in [0.15, 0.2) is 24.3 Å². The molecule has 4 nitrogen and oxygen atoms in total. The molecule has 4 heteroatoms. The fourth-order valence-corrected chi connectivity index (χ4v) is 1.66. The van der Waals surface area contributed by atoms with Crippen LogP contribution < -0.4 is 10.6 Å². The molecule has 0 aliphatic carbocycles. The van der Waals surface area contributed by atoms with Crippen molar-refractivity contribution in [2.75, 3.05) is 45.4 Å². The van der Waals surface area contributed by atoms with Crippen LogP contribution >= 0.6 is 0 Å². The van der Waals surface area contributed by atoms with E-state index in [-0.39, 0.29) is 0 Å². The van der Waals surface area contributed by atoms with E-state index in [0.29, 0.717) is 6.54 Å². The smallest absolute Gasteiger partial charge is 0.0641 e. The quantitative estimate of drug-likeness (QED) is 0.679. The molecule has 0 heterocycles. The Bertz CT molecular complexity index is 331. The Labute approximate surface area is 110 Å². The summed E-state index contributed by atoms with van der Waals surface area (Å²) in [4.78, 5) is 2.18. The van der Waals surface area contributed by atoms with Crippen LogP contribution in [0.2, 0.25) is 0 Å². The summed E-state index contributed by atoms with van der Waals surface area (Å²) in [6, 6.07) is 8.28. The van der Waals surface area contributed by atoms with E-state index >= 15 is 0 Å². The van der Waals surface area contributed by atoms with Crippen molar-refractivity contribution in [3.8, 4) is 0 Å². The number of likely N-dealkylation sites (N-methyl/N-ethyl adjacent to an activating group) is 1. The third-order valence-electron chi connectivity index (χ3n) is 2.80. The first-order valence-electron chi connectivity index (χ1n) is 6.34. The molecule has 0 aromatic heterocycles. The molecular formula is C14H24N2O2. The molecule has 1 aromatic carbocycles. The zero-order valence-corrected chi connectivity index (χ0v) is 11.4. The molecule has 1 aromatic rings. The van der Waals surface area contributed by atoms with Gasteiger partial charge in [0.1, 0.15) is 0 Å². The number of methoxy groups -OCH3 is 1. The SMILES string of the molecule is COCCCOCCN(C)c1cccc(CN)c1. The summed E-state index contributed by atoms with van der Waals surface area (Å²) in [5.74, 6) is 0. The van der Waals surface area contributed by atoms with Gasteiger partial charge in [-0.15, -0.1) is 0 Å². The lowest BCUT2D eigenvalue weighted by Crippen LogP contribution is -2.23. The van der Waals surface area contributed by atoms with E-state index in [1.54, 1.807) is 7.11 Å². The summed E-state index contributed by atoms with van der Waals surface area (Å²) in [6.07, 6.45) is 0.947. The van der Waals surface area contributed by atoms with Crippen LogP contribution in [0.3, 0.4) is 0 Å². The van der Waals surface area contributed by atoms with Gasteiger partial charge in [-0.1, -0.05) is 12.1 Å². The zero-order chi connectivity index (χ0) is 13.2. The third kappa shape index (κ3) is 5.49. The number of nitrogens with two attached hydrogens (primary N) is 1. The molecule has 0 spiro atoms. The molecule has 102 valence electrons. The van der Waals surface area contributed by atoms with Crippen molar-refractivity contribution >= 4 is 5.69 Å². The second kappa shape index (κ2) is 8.91. The van der Waals surface area contributed by atoms with Crippen molar-refractivity contribution in [1.29, 1.82) is 0 Å². The van der Waals surface area contributed by atoms with Crippen molar-refractivity contribution in [2.45, 2.75) is 13.0 Å². The Balaban J connectivity index is 2.25. The van der Waals surface area contributed by atoms with Crippen LogP contribution in [0, 0.1) is 0 Å². The lowest BCUT2D eigenvalue weighted by molar-refractivity contribution is 0.107. The first kappa shape index (κ1) is 15.0. The van der Waals surface area contributed by atoms with Gasteiger partial charge in [-0.05, 0) is 24.1 Å². The zero-order valence-electron chi connectivity index (χ0n) is 11.4.